The molecule has 1 N–H and O–H groups in total. The largest absolute Gasteiger partial charge is 0.327 e. The summed E-state index contributed by atoms with van der Waals surface area (Å²) in [6.45, 7) is 4.39. The van der Waals surface area contributed by atoms with Crippen LogP contribution in [0.5, 0.6) is 0 Å². The maximum absolute atomic E-state index is 13.1. The molecule has 146 valence electrons. The normalized spacial score (nSPS) is 18.9. The molecule has 4 rings (SSSR count). The summed E-state index contributed by atoms with van der Waals surface area (Å²) in [7, 11) is 0. The molecule has 2 aromatic rings. The molecular weight excluding hydrogens is 378 g/mol. The molecule has 3 amide bonds. The van der Waals surface area contributed by atoms with Crippen molar-refractivity contribution in [2.24, 2.45) is 0 Å². The van der Waals surface area contributed by atoms with E-state index in [4.69, 9.17) is 0 Å². The topological polar surface area (TPSA) is 95.5 Å². The van der Waals surface area contributed by atoms with E-state index < -0.39 is 6.04 Å². The number of amides is 3. The van der Waals surface area contributed by atoms with E-state index in [1.165, 1.54) is 16.2 Å². The highest BCUT2D eigenvalue weighted by Gasteiger charge is 2.42. The van der Waals surface area contributed by atoms with Gasteiger partial charge in [0.2, 0.25) is 16.9 Å². The number of carbonyl (C=O) groups excluding carboxylic acids is 3. The molecule has 0 radical (unpaired) electrons. The Morgan fingerprint density at radius 3 is 2.82 bits per heavy atom. The lowest BCUT2D eigenvalue weighted by molar-refractivity contribution is -0.124. The van der Waals surface area contributed by atoms with Crippen molar-refractivity contribution in [1.82, 2.24) is 15.1 Å². The van der Waals surface area contributed by atoms with E-state index in [1.54, 1.807) is 29.2 Å². The number of benzene rings is 1. The molecule has 0 unspecified atom stereocenters. The summed E-state index contributed by atoms with van der Waals surface area (Å²) in [6.07, 6.45) is 1.40. The second kappa shape index (κ2) is 7.31. The van der Waals surface area contributed by atoms with E-state index in [0.29, 0.717) is 29.3 Å². The highest BCUT2D eigenvalue weighted by molar-refractivity contribution is 7.15. The van der Waals surface area contributed by atoms with Crippen LogP contribution in [0.1, 0.15) is 48.0 Å². The van der Waals surface area contributed by atoms with Gasteiger partial charge in [0, 0.05) is 12.5 Å². The van der Waals surface area contributed by atoms with E-state index >= 15 is 0 Å². The maximum Gasteiger partial charge on any atom is 0.256 e. The van der Waals surface area contributed by atoms with Gasteiger partial charge in [-0.3, -0.25) is 19.7 Å². The number of para-hydroxylation sites is 1. The van der Waals surface area contributed by atoms with Crippen LogP contribution >= 0.6 is 11.3 Å². The number of hydrogen-bond acceptors (Lipinski definition) is 6. The molecule has 0 aliphatic carbocycles. The average Bonchev–Trinajstić information content (AvgIpc) is 3.33. The first kappa shape index (κ1) is 18.5. The van der Waals surface area contributed by atoms with Gasteiger partial charge in [0.15, 0.2) is 0 Å². The van der Waals surface area contributed by atoms with Crippen LogP contribution in [0.15, 0.2) is 24.3 Å². The van der Waals surface area contributed by atoms with Crippen LogP contribution in [-0.2, 0) is 9.59 Å². The summed E-state index contributed by atoms with van der Waals surface area (Å²) in [4.78, 5) is 41.7. The SMILES string of the molecule is CC(C)c1nnc(NC(=O)CN2C(=O)[C@H]3CCCN3C(=O)c3ccccc32)s1. The van der Waals surface area contributed by atoms with Crippen LogP contribution in [0, 0.1) is 0 Å². The number of nitrogens with one attached hydrogen (secondary N) is 1. The molecule has 1 aromatic heterocycles. The molecule has 1 aromatic carbocycles. The monoisotopic (exact) mass is 399 g/mol. The maximum atomic E-state index is 13.1. The van der Waals surface area contributed by atoms with Crippen molar-refractivity contribution >= 4 is 39.9 Å². The predicted molar refractivity (Wildman–Crippen MR) is 105 cm³/mol. The molecule has 3 heterocycles. The summed E-state index contributed by atoms with van der Waals surface area (Å²) in [5.74, 6) is -0.513. The fourth-order valence-electron chi connectivity index (χ4n) is 3.59. The molecule has 1 saturated heterocycles. The molecule has 2 aliphatic heterocycles. The Balaban J connectivity index is 1.59. The highest BCUT2D eigenvalue weighted by atomic mass is 32.1. The van der Waals surface area contributed by atoms with Crippen LogP contribution < -0.4 is 10.2 Å². The summed E-state index contributed by atoms with van der Waals surface area (Å²) in [5, 5.41) is 12.0. The van der Waals surface area contributed by atoms with Gasteiger partial charge >= 0.3 is 0 Å². The zero-order chi connectivity index (χ0) is 19.8. The summed E-state index contributed by atoms with van der Waals surface area (Å²) >= 11 is 1.32. The van der Waals surface area contributed by atoms with E-state index in [1.807, 2.05) is 13.8 Å². The van der Waals surface area contributed by atoms with Crippen LogP contribution in [0.3, 0.4) is 0 Å². The van der Waals surface area contributed by atoms with Crippen molar-refractivity contribution in [1.29, 1.82) is 0 Å². The van der Waals surface area contributed by atoms with Gasteiger partial charge in [-0.15, -0.1) is 10.2 Å². The van der Waals surface area contributed by atoms with Gasteiger partial charge in [0.25, 0.3) is 5.91 Å². The van der Waals surface area contributed by atoms with Crippen LogP contribution in [0.25, 0.3) is 0 Å². The van der Waals surface area contributed by atoms with Crippen molar-refractivity contribution in [3.05, 3.63) is 34.8 Å². The van der Waals surface area contributed by atoms with Gasteiger partial charge in [-0.2, -0.15) is 0 Å². The van der Waals surface area contributed by atoms with Crippen LogP contribution in [-0.4, -0.2) is 52.0 Å². The Morgan fingerprint density at radius 1 is 1.29 bits per heavy atom. The third kappa shape index (κ3) is 3.26. The molecule has 2 aliphatic rings. The van der Waals surface area contributed by atoms with Crippen molar-refractivity contribution in [3.63, 3.8) is 0 Å². The third-order valence-corrected chi connectivity index (χ3v) is 6.11. The third-order valence-electron chi connectivity index (χ3n) is 4.97. The number of anilines is 2. The van der Waals surface area contributed by atoms with Gasteiger partial charge in [0.05, 0.1) is 11.3 Å². The lowest BCUT2D eigenvalue weighted by atomic mass is 10.1. The molecule has 0 spiro atoms. The second-order valence-electron chi connectivity index (χ2n) is 7.25. The summed E-state index contributed by atoms with van der Waals surface area (Å²) in [5.41, 5.74) is 0.924. The Hall–Kier alpha value is -2.81. The van der Waals surface area contributed by atoms with Gasteiger partial charge in [0.1, 0.15) is 17.6 Å². The van der Waals surface area contributed by atoms with Gasteiger partial charge in [-0.25, -0.2) is 0 Å². The zero-order valence-electron chi connectivity index (χ0n) is 15.7. The summed E-state index contributed by atoms with van der Waals surface area (Å²) in [6, 6.07) is 6.44. The van der Waals surface area contributed by atoms with Crippen molar-refractivity contribution in [2.75, 3.05) is 23.3 Å². The number of hydrogen-bond donors (Lipinski definition) is 1. The Morgan fingerprint density at radius 2 is 2.07 bits per heavy atom. The summed E-state index contributed by atoms with van der Waals surface area (Å²) < 4.78 is 0. The molecule has 1 atom stereocenters. The average molecular weight is 399 g/mol. The molecule has 28 heavy (non-hydrogen) atoms. The quantitative estimate of drug-likeness (QED) is 0.851. The fourth-order valence-corrected chi connectivity index (χ4v) is 4.36. The first-order valence-electron chi connectivity index (χ1n) is 9.30. The minimum Gasteiger partial charge on any atom is -0.327 e. The number of aromatic nitrogens is 2. The standard InChI is InChI=1S/C19H21N5O3S/c1-11(2)16-21-22-19(28-16)20-15(25)10-24-13-7-4-3-6-12(13)17(26)23-9-5-8-14(23)18(24)27/h3-4,6-7,11,14H,5,8-10H2,1-2H3,(H,20,22,25)/t14-/m1/s1. The molecule has 1 fully saturated rings. The number of rotatable bonds is 4. The smallest absolute Gasteiger partial charge is 0.256 e. The van der Waals surface area contributed by atoms with Gasteiger partial charge in [-0.05, 0) is 25.0 Å². The first-order chi connectivity index (χ1) is 13.5. The Labute approximate surface area is 166 Å². The molecule has 0 saturated carbocycles. The first-order valence-corrected chi connectivity index (χ1v) is 10.1. The van der Waals surface area contributed by atoms with Gasteiger partial charge in [-0.1, -0.05) is 37.3 Å². The number of nitrogens with zero attached hydrogens (tertiary/aromatic N) is 4. The Kier molecular flexibility index (Phi) is 4.84. The van der Waals surface area contributed by atoms with Crippen molar-refractivity contribution < 1.29 is 14.4 Å². The predicted octanol–water partition coefficient (Wildman–Crippen LogP) is 2.25. The fraction of sp³-hybridized carbons (Fsp3) is 0.421. The molecule has 9 heteroatoms. The molecule has 0 bridgehead atoms. The van der Waals surface area contributed by atoms with Crippen molar-refractivity contribution in [2.45, 2.75) is 38.6 Å². The van der Waals surface area contributed by atoms with E-state index in [2.05, 4.69) is 15.5 Å². The highest BCUT2D eigenvalue weighted by Crippen LogP contribution is 2.32. The lowest BCUT2D eigenvalue weighted by Crippen LogP contribution is -2.47. The van der Waals surface area contributed by atoms with Gasteiger partial charge < -0.3 is 9.80 Å². The van der Waals surface area contributed by atoms with E-state index in [0.717, 1.165) is 11.4 Å². The zero-order valence-corrected chi connectivity index (χ0v) is 16.5. The second-order valence-corrected chi connectivity index (χ2v) is 8.26. The Bertz CT molecular complexity index is 941. The minimum atomic E-state index is -0.512. The van der Waals surface area contributed by atoms with E-state index in [9.17, 15) is 14.4 Å². The van der Waals surface area contributed by atoms with Crippen LogP contribution in [0.4, 0.5) is 10.8 Å². The number of carbonyl (C=O) groups is 3. The molecule has 8 nitrogen and oxygen atoms in total. The minimum absolute atomic E-state index is 0.153. The number of fused-ring (bicyclic) bond motifs is 2. The van der Waals surface area contributed by atoms with E-state index in [-0.39, 0.29) is 30.2 Å². The molecular formula is C19H21N5O3S. The van der Waals surface area contributed by atoms with Crippen LogP contribution in [0.2, 0.25) is 0 Å². The van der Waals surface area contributed by atoms with Crippen molar-refractivity contribution in [3.8, 4) is 0 Å². The lowest BCUT2D eigenvalue weighted by Gasteiger charge is -2.25.